The van der Waals surface area contributed by atoms with Crippen molar-refractivity contribution in [2.75, 3.05) is 17.3 Å². The van der Waals surface area contributed by atoms with E-state index in [0.717, 1.165) is 5.56 Å². The maximum atomic E-state index is 16.9. The highest BCUT2D eigenvalue weighted by molar-refractivity contribution is 7.99. The third-order valence-electron chi connectivity index (χ3n) is 7.60. The Morgan fingerprint density at radius 2 is 1.97 bits per heavy atom. The van der Waals surface area contributed by atoms with E-state index >= 15 is 4.39 Å². The lowest BCUT2D eigenvalue weighted by Gasteiger charge is -2.42. The molecule has 1 fully saturated rings. The van der Waals surface area contributed by atoms with E-state index in [2.05, 4.69) is 20.6 Å². The topological polar surface area (TPSA) is 136 Å². The molecule has 0 radical (unpaired) electrons. The molecule has 1 aliphatic heterocycles. The summed E-state index contributed by atoms with van der Waals surface area (Å²) in [4.78, 5) is 35.1. The highest BCUT2D eigenvalue weighted by Gasteiger charge is 2.42. The monoisotopic (exact) mass is 548 g/mol. The molecule has 3 heterocycles. The number of nitrogens with one attached hydrogen (secondary N) is 2. The summed E-state index contributed by atoms with van der Waals surface area (Å²) in [5.74, 6) is -1.26. The van der Waals surface area contributed by atoms with E-state index in [1.54, 1.807) is 54.5 Å². The first-order chi connectivity index (χ1) is 18.7. The zero-order valence-corrected chi connectivity index (χ0v) is 23.0. The second kappa shape index (κ2) is 10.9. The lowest BCUT2D eigenvalue weighted by Crippen LogP contribution is -2.45. The average molecular weight is 549 g/mol. The van der Waals surface area contributed by atoms with E-state index in [0.29, 0.717) is 40.9 Å². The SMILES string of the molecule is CSC1C(N)CC2C[C@@H]1C(F)c1ccc(C(=O)NC(C)C)cc1-c1ccc(N)c(n1)C(=O)Nc1cnccc12. The van der Waals surface area contributed by atoms with E-state index < -0.39 is 18.0 Å². The number of carbonyl (C=O) groups excluding carboxylic acids is 2. The van der Waals surface area contributed by atoms with Crippen LogP contribution in [0.5, 0.6) is 0 Å². The number of benzene rings is 1. The van der Waals surface area contributed by atoms with Gasteiger partial charge in [-0.15, -0.1) is 0 Å². The van der Waals surface area contributed by atoms with Crippen molar-refractivity contribution < 1.29 is 14.0 Å². The molecule has 1 aliphatic carbocycles. The number of rotatable bonds is 3. The van der Waals surface area contributed by atoms with Crippen LogP contribution in [0.15, 0.2) is 48.8 Å². The minimum Gasteiger partial charge on any atom is -0.397 e. The summed E-state index contributed by atoms with van der Waals surface area (Å²) >= 11 is 1.58. The van der Waals surface area contributed by atoms with Gasteiger partial charge in [0.25, 0.3) is 11.8 Å². The van der Waals surface area contributed by atoms with E-state index in [1.807, 2.05) is 26.2 Å². The van der Waals surface area contributed by atoms with Gasteiger partial charge in [0.2, 0.25) is 0 Å². The Kier molecular flexibility index (Phi) is 7.59. The van der Waals surface area contributed by atoms with Gasteiger partial charge in [0.1, 0.15) is 6.17 Å². The van der Waals surface area contributed by atoms with Crippen molar-refractivity contribution in [3.63, 3.8) is 0 Å². The Labute approximate surface area is 231 Å². The molecule has 5 rings (SSSR count). The number of nitrogens with zero attached hydrogens (tertiary/aromatic N) is 2. The number of nitrogen functional groups attached to an aromatic ring is 1. The van der Waals surface area contributed by atoms with Gasteiger partial charge < -0.3 is 22.1 Å². The Balaban J connectivity index is 1.73. The van der Waals surface area contributed by atoms with Crippen molar-refractivity contribution in [2.45, 2.75) is 56.1 Å². The van der Waals surface area contributed by atoms with Crippen LogP contribution in [0.25, 0.3) is 11.3 Å². The largest absolute Gasteiger partial charge is 0.397 e. The van der Waals surface area contributed by atoms with Crippen LogP contribution in [0.2, 0.25) is 0 Å². The zero-order valence-electron chi connectivity index (χ0n) is 22.1. The number of aromatic nitrogens is 2. The first kappa shape index (κ1) is 27.1. The number of thioether (sulfide) groups is 1. The lowest BCUT2D eigenvalue weighted by molar-refractivity contribution is 0.0942. The summed E-state index contributed by atoms with van der Waals surface area (Å²) in [6, 6.07) is 9.72. The van der Waals surface area contributed by atoms with Gasteiger partial charge in [-0.3, -0.25) is 14.6 Å². The predicted molar refractivity (Wildman–Crippen MR) is 153 cm³/mol. The molecule has 3 aromatic rings. The number of hydrogen-bond acceptors (Lipinski definition) is 7. The number of amides is 2. The third kappa shape index (κ3) is 5.23. The second-order valence-electron chi connectivity index (χ2n) is 10.6. The summed E-state index contributed by atoms with van der Waals surface area (Å²) in [5, 5.41) is 5.69. The van der Waals surface area contributed by atoms with Crippen LogP contribution in [0.1, 0.15) is 70.8 Å². The Hall–Kier alpha value is -3.50. The normalized spacial score (nSPS) is 24.4. The Bertz CT molecular complexity index is 1420. The predicted octanol–water partition coefficient (Wildman–Crippen LogP) is 4.69. The smallest absolute Gasteiger partial charge is 0.276 e. The molecule has 39 heavy (non-hydrogen) atoms. The van der Waals surface area contributed by atoms with E-state index in [-0.39, 0.29) is 40.5 Å². The number of nitrogens with two attached hydrogens (primary N) is 2. The lowest BCUT2D eigenvalue weighted by atomic mass is 9.72. The molecule has 2 aromatic heterocycles. The van der Waals surface area contributed by atoms with Crippen molar-refractivity contribution in [1.29, 1.82) is 0 Å². The van der Waals surface area contributed by atoms with Gasteiger partial charge in [-0.1, -0.05) is 6.07 Å². The van der Waals surface area contributed by atoms with E-state index in [4.69, 9.17) is 11.5 Å². The maximum absolute atomic E-state index is 16.9. The standard InChI is InChI=1S/C29H33FN6O2S/c1-14(2)34-28(37)15-4-5-18-19(10-15)23-7-6-21(31)26(35-23)29(38)36-24-13-33-9-8-17(24)16-11-20(25(18)30)27(39-3)22(32)12-16/h4-10,13-14,16,20,22,25,27H,11-12,31-32H2,1-3H3,(H,34,37)(H,36,38)/t16?,20-,22?,25?,27?/m1/s1. The van der Waals surface area contributed by atoms with Crippen molar-refractivity contribution in [3.05, 3.63) is 71.2 Å². The van der Waals surface area contributed by atoms with Crippen LogP contribution >= 0.6 is 11.8 Å². The molecule has 204 valence electrons. The number of carbonyl (C=O) groups is 2. The Morgan fingerprint density at radius 3 is 2.72 bits per heavy atom. The van der Waals surface area contributed by atoms with Crippen LogP contribution in [0.3, 0.4) is 0 Å². The van der Waals surface area contributed by atoms with Gasteiger partial charge in [-0.2, -0.15) is 11.8 Å². The summed E-state index contributed by atoms with van der Waals surface area (Å²) in [5.41, 5.74) is 16.0. The molecule has 0 spiro atoms. The molecular formula is C29H33FN6O2S. The van der Waals surface area contributed by atoms with Gasteiger partial charge in [-0.05, 0) is 80.3 Å². The summed E-state index contributed by atoms with van der Waals surface area (Å²) in [7, 11) is 0. The van der Waals surface area contributed by atoms with Crippen LogP contribution in [0.4, 0.5) is 15.8 Å². The first-order valence-corrected chi connectivity index (χ1v) is 14.4. The number of pyridine rings is 2. The molecule has 8 nitrogen and oxygen atoms in total. The molecule has 6 N–H and O–H groups in total. The third-order valence-corrected chi connectivity index (χ3v) is 8.84. The molecule has 2 amide bonds. The molecule has 2 aliphatic rings. The van der Waals surface area contributed by atoms with Crippen molar-refractivity contribution >= 4 is 35.0 Å². The fourth-order valence-corrected chi connectivity index (χ4v) is 6.87. The number of halogens is 1. The highest BCUT2D eigenvalue weighted by Crippen LogP contribution is 2.49. The van der Waals surface area contributed by atoms with Gasteiger partial charge in [0.05, 0.1) is 23.3 Å². The summed E-state index contributed by atoms with van der Waals surface area (Å²) in [6.45, 7) is 3.74. The van der Waals surface area contributed by atoms with Crippen molar-refractivity contribution in [3.8, 4) is 11.3 Å². The molecule has 4 bridgehead atoms. The minimum absolute atomic E-state index is 0.0154. The molecular weight excluding hydrogens is 515 g/mol. The first-order valence-electron chi connectivity index (χ1n) is 13.1. The van der Waals surface area contributed by atoms with Crippen LogP contribution in [-0.4, -0.2) is 45.4 Å². The maximum Gasteiger partial charge on any atom is 0.276 e. The molecule has 0 saturated heterocycles. The van der Waals surface area contributed by atoms with Gasteiger partial charge >= 0.3 is 0 Å². The Morgan fingerprint density at radius 1 is 1.18 bits per heavy atom. The number of hydrogen-bond donors (Lipinski definition) is 4. The average Bonchev–Trinajstić information content (AvgIpc) is 2.92. The summed E-state index contributed by atoms with van der Waals surface area (Å²) < 4.78 is 16.9. The minimum atomic E-state index is -1.38. The number of fused-ring (bicyclic) bond motifs is 8. The van der Waals surface area contributed by atoms with Crippen LogP contribution < -0.4 is 22.1 Å². The number of alkyl halides is 1. The number of anilines is 2. The molecule has 4 unspecified atom stereocenters. The zero-order chi connectivity index (χ0) is 27.8. The van der Waals surface area contributed by atoms with Crippen LogP contribution in [-0.2, 0) is 0 Å². The molecule has 1 aromatic carbocycles. The van der Waals surface area contributed by atoms with E-state index in [1.165, 1.54) is 0 Å². The second-order valence-corrected chi connectivity index (χ2v) is 11.6. The highest BCUT2D eigenvalue weighted by atomic mass is 32.2. The fourth-order valence-electron chi connectivity index (χ4n) is 5.81. The quantitative estimate of drug-likeness (QED) is 0.373. The van der Waals surface area contributed by atoms with Crippen molar-refractivity contribution in [1.82, 2.24) is 15.3 Å². The van der Waals surface area contributed by atoms with E-state index in [9.17, 15) is 9.59 Å². The molecule has 10 heteroatoms. The molecule has 1 saturated carbocycles. The van der Waals surface area contributed by atoms with Gasteiger partial charge in [0.15, 0.2) is 5.69 Å². The van der Waals surface area contributed by atoms with Crippen molar-refractivity contribution in [2.24, 2.45) is 11.7 Å². The fraction of sp³-hybridized carbons (Fsp3) is 0.379. The molecule has 5 atom stereocenters. The van der Waals surface area contributed by atoms with Gasteiger partial charge in [0, 0.05) is 40.6 Å². The summed E-state index contributed by atoms with van der Waals surface area (Å²) in [6.07, 6.45) is 5.03. The van der Waals surface area contributed by atoms with Gasteiger partial charge in [-0.25, -0.2) is 9.37 Å². The van der Waals surface area contributed by atoms with Crippen LogP contribution in [0, 0.1) is 5.92 Å².